The van der Waals surface area contributed by atoms with Gasteiger partial charge < -0.3 is 15.2 Å². The summed E-state index contributed by atoms with van der Waals surface area (Å²) in [5, 5.41) is 12.4. The highest BCUT2D eigenvalue weighted by Gasteiger charge is 2.53. The lowest BCUT2D eigenvalue weighted by Gasteiger charge is -2.08. The van der Waals surface area contributed by atoms with Crippen molar-refractivity contribution in [1.29, 1.82) is 0 Å². The minimum Gasteiger partial charge on any atom is -0.481 e. The summed E-state index contributed by atoms with van der Waals surface area (Å²) >= 11 is 10.4. The first-order valence-electron chi connectivity index (χ1n) is 10.6. The Morgan fingerprint density at radius 1 is 1.23 bits per heavy atom. The zero-order valence-electron chi connectivity index (χ0n) is 18.8. The third-order valence-electron chi connectivity index (χ3n) is 5.57. The van der Waals surface area contributed by atoms with Crippen LogP contribution in [0, 0.1) is 11.8 Å². The zero-order chi connectivity index (χ0) is 25.0. The molecule has 2 N–H and O–H groups in total. The molecule has 1 aliphatic carbocycles. The molecule has 5 rings (SSSR count). The maximum absolute atomic E-state index is 11.4. The third-order valence-corrected chi connectivity index (χ3v) is 9.02. The highest BCUT2D eigenvalue weighted by Crippen LogP contribution is 2.52. The predicted molar refractivity (Wildman–Crippen MR) is 143 cm³/mol. The average molecular weight is 545 g/mol. The Kier molecular flexibility index (Phi) is 7.77. The van der Waals surface area contributed by atoms with E-state index in [9.17, 15) is 14.7 Å². The van der Waals surface area contributed by atoms with Crippen molar-refractivity contribution in [1.82, 2.24) is 4.37 Å². The molecule has 3 heterocycles. The second kappa shape index (κ2) is 10.8. The highest BCUT2D eigenvalue weighted by atomic mass is 35.5. The molecule has 0 amide bonds. The Labute approximate surface area is 219 Å². The quantitative estimate of drug-likeness (QED) is 0.211. The number of carboxylic acid groups (broad SMARTS) is 1. The van der Waals surface area contributed by atoms with E-state index < -0.39 is 11.4 Å². The van der Waals surface area contributed by atoms with E-state index in [0.29, 0.717) is 16.5 Å². The van der Waals surface area contributed by atoms with Gasteiger partial charge in [-0.3, -0.25) is 9.59 Å². The summed E-state index contributed by atoms with van der Waals surface area (Å²) in [6.45, 7) is 2.31. The van der Waals surface area contributed by atoms with E-state index in [4.69, 9.17) is 16.3 Å². The van der Waals surface area contributed by atoms with Gasteiger partial charge in [-0.05, 0) is 60.8 Å². The Morgan fingerprint density at radius 2 is 1.94 bits per heavy atom. The molecule has 35 heavy (non-hydrogen) atoms. The standard InChI is InChI=1S/C16H11ClN2O2S3.C9H10O2/c1-18-13-9(19-24-14(13)17)3-2-8-6-10-11(22-8)7-12(23-10)16(4-5-16)15(20)21;1-8(11-7-10)9-5-3-2-4-6-9/h6-7,18H,4-5H2,1H3,(H,20,21);2-8H,1H3. The van der Waals surface area contributed by atoms with Crippen LogP contribution in [-0.2, 0) is 19.7 Å². The van der Waals surface area contributed by atoms with Gasteiger partial charge in [0.15, 0.2) is 5.69 Å². The van der Waals surface area contributed by atoms with Crippen LogP contribution < -0.4 is 5.32 Å². The van der Waals surface area contributed by atoms with Gasteiger partial charge >= 0.3 is 5.97 Å². The smallest absolute Gasteiger partial charge is 0.314 e. The number of nitrogens with one attached hydrogen (secondary N) is 1. The number of benzene rings is 1. The molecule has 4 aromatic rings. The summed E-state index contributed by atoms with van der Waals surface area (Å²) in [6.07, 6.45) is 1.33. The summed E-state index contributed by atoms with van der Waals surface area (Å²) in [5.74, 6) is 5.46. The first-order chi connectivity index (χ1) is 16.9. The van der Waals surface area contributed by atoms with E-state index in [1.807, 2.05) is 49.4 Å². The zero-order valence-corrected chi connectivity index (χ0v) is 22.0. The number of thiophene rings is 2. The number of carbonyl (C=O) groups excluding carboxylic acids is 1. The predicted octanol–water partition coefficient (Wildman–Crippen LogP) is 6.55. The number of hydrogen-bond donors (Lipinski definition) is 2. The summed E-state index contributed by atoms with van der Waals surface area (Å²) in [4.78, 5) is 23.3. The van der Waals surface area contributed by atoms with Crippen molar-refractivity contribution >= 4 is 73.3 Å². The second-order valence-corrected chi connectivity index (χ2v) is 11.3. The van der Waals surface area contributed by atoms with Crippen LogP contribution in [-0.4, -0.2) is 29.0 Å². The molecule has 6 nitrogen and oxygen atoms in total. The van der Waals surface area contributed by atoms with Crippen LogP contribution in [0.15, 0.2) is 42.5 Å². The van der Waals surface area contributed by atoms with E-state index in [-0.39, 0.29) is 6.10 Å². The average Bonchev–Trinajstić information content (AvgIpc) is 3.27. The molecule has 1 aliphatic rings. The lowest BCUT2D eigenvalue weighted by Crippen LogP contribution is -2.17. The van der Waals surface area contributed by atoms with Crippen molar-refractivity contribution in [2.45, 2.75) is 31.3 Å². The van der Waals surface area contributed by atoms with Crippen LogP contribution >= 0.6 is 45.8 Å². The molecule has 1 atom stereocenters. The fourth-order valence-corrected chi connectivity index (χ4v) is 6.78. The van der Waals surface area contributed by atoms with Gasteiger partial charge in [0.05, 0.1) is 4.88 Å². The van der Waals surface area contributed by atoms with Crippen molar-refractivity contribution in [3.05, 3.63) is 67.8 Å². The molecule has 0 spiro atoms. The van der Waals surface area contributed by atoms with Crippen LogP contribution in [0.25, 0.3) is 9.40 Å². The minimum atomic E-state index is -0.712. The van der Waals surface area contributed by atoms with E-state index in [1.165, 1.54) is 11.5 Å². The normalized spacial score (nSPS) is 14.1. The Balaban J connectivity index is 0.000000221. The monoisotopic (exact) mass is 544 g/mol. The molecular weight excluding hydrogens is 524 g/mol. The molecular formula is C25H21ClN2O4S3. The van der Waals surface area contributed by atoms with Crippen molar-refractivity contribution in [3.8, 4) is 11.8 Å². The van der Waals surface area contributed by atoms with Crippen molar-refractivity contribution in [3.63, 3.8) is 0 Å². The van der Waals surface area contributed by atoms with Gasteiger partial charge in [-0.15, -0.1) is 22.7 Å². The molecule has 1 unspecified atom stereocenters. The maximum atomic E-state index is 11.4. The molecule has 0 saturated heterocycles. The lowest BCUT2D eigenvalue weighted by atomic mass is 10.1. The number of carboxylic acids is 1. The molecule has 3 aromatic heterocycles. The van der Waals surface area contributed by atoms with Gasteiger partial charge in [0.1, 0.15) is 21.5 Å². The molecule has 0 radical (unpaired) electrons. The van der Waals surface area contributed by atoms with Crippen molar-refractivity contribution in [2.24, 2.45) is 0 Å². The Bertz CT molecular complexity index is 1380. The SMILES string of the molecule is CC(OC=O)c1ccccc1.CNc1c(C#Cc2cc3sc(C4(C(=O)O)CC4)cc3s2)nsc1Cl. The number of hydrogen-bond acceptors (Lipinski definition) is 8. The number of anilines is 1. The van der Waals surface area contributed by atoms with Crippen molar-refractivity contribution < 1.29 is 19.4 Å². The Hall–Kier alpha value is -2.90. The first kappa shape index (κ1) is 25.2. The van der Waals surface area contributed by atoms with Crippen LogP contribution in [0.2, 0.25) is 4.34 Å². The molecule has 180 valence electrons. The van der Waals surface area contributed by atoms with Gasteiger partial charge in [-0.1, -0.05) is 41.9 Å². The maximum Gasteiger partial charge on any atom is 0.314 e. The van der Waals surface area contributed by atoms with Crippen LogP contribution in [0.4, 0.5) is 5.69 Å². The van der Waals surface area contributed by atoms with Gasteiger partial charge in [0.25, 0.3) is 6.47 Å². The number of halogens is 1. The van der Waals surface area contributed by atoms with E-state index in [2.05, 4.69) is 21.5 Å². The van der Waals surface area contributed by atoms with Crippen LogP contribution in [0.5, 0.6) is 0 Å². The molecule has 0 aliphatic heterocycles. The molecule has 1 fully saturated rings. The van der Waals surface area contributed by atoms with Gasteiger partial charge in [-0.25, -0.2) is 0 Å². The minimum absolute atomic E-state index is 0.145. The number of nitrogens with zero attached hydrogens (tertiary/aromatic N) is 1. The van der Waals surface area contributed by atoms with Crippen LogP contribution in [0.1, 0.15) is 46.9 Å². The number of aromatic nitrogens is 1. The summed E-state index contributed by atoms with van der Waals surface area (Å²) in [7, 11) is 1.79. The Morgan fingerprint density at radius 3 is 2.54 bits per heavy atom. The van der Waals surface area contributed by atoms with Gasteiger partial charge in [0.2, 0.25) is 0 Å². The number of fused-ring (bicyclic) bond motifs is 1. The van der Waals surface area contributed by atoms with E-state index >= 15 is 0 Å². The van der Waals surface area contributed by atoms with Gasteiger partial charge in [-0.2, -0.15) is 4.37 Å². The van der Waals surface area contributed by atoms with Crippen LogP contribution in [0.3, 0.4) is 0 Å². The third kappa shape index (κ3) is 5.52. The number of aliphatic carboxylic acids is 1. The van der Waals surface area contributed by atoms with Gasteiger partial charge in [0, 0.05) is 21.3 Å². The molecule has 1 saturated carbocycles. The topological polar surface area (TPSA) is 88.5 Å². The fraction of sp³-hybridized carbons (Fsp3) is 0.240. The molecule has 10 heteroatoms. The number of rotatable bonds is 6. The summed E-state index contributed by atoms with van der Waals surface area (Å²) < 4.78 is 11.8. The number of ether oxygens (including phenoxy) is 1. The van der Waals surface area contributed by atoms with E-state index in [1.54, 1.807) is 29.7 Å². The summed E-state index contributed by atoms with van der Waals surface area (Å²) in [6, 6.07) is 13.6. The summed E-state index contributed by atoms with van der Waals surface area (Å²) in [5.41, 5.74) is 1.79. The second-order valence-electron chi connectivity index (χ2n) is 7.80. The molecule has 0 bridgehead atoms. The highest BCUT2D eigenvalue weighted by molar-refractivity contribution is 7.28. The number of carbonyl (C=O) groups is 2. The fourth-order valence-electron chi connectivity index (χ4n) is 3.40. The first-order valence-corrected chi connectivity index (χ1v) is 13.4. The van der Waals surface area contributed by atoms with E-state index in [0.717, 1.165) is 43.2 Å². The lowest BCUT2D eigenvalue weighted by molar-refractivity contribution is -0.140. The van der Waals surface area contributed by atoms with Crippen molar-refractivity contribution in [2.75, 3.05) is 12.4 Å². The largest absolute Gasteiger partial charge is 0.481 e. The molecule has 1 aromatic carbocycles.